The average molecular weight is 397 g/mol. The van der Waals surface area contributed by atoms with Gasteiger partial charge in [0.15, 0.2) is 0 Å². The fourth-order valence-corrected chi connectivity index (χ4v) is 3.39. The molecule has 5 heteroatoms. The lowest BCUT2D eigenvalue weighted by Crippen LogP contribution is -1.94. The molecule has 1 aromatic heterocycles. The number of thiophene rings is 1. The predicted molar refractivity (Wildman–Crippen MR) is 80.1 cm³/mol. The third kappa shape index (κ3) is 3.71. The number of rotatable bonds is 4. The predicted octanol–water partition coefficient (Wildman–Crippen LogP) is 5.59. The maximum absolute atomic E-state index is 5.76. The van der Waals surface area contributed by atoms with E-state index < -0.39 is 0 Å². The van der Waals surface area contributed by atoms with E-state index in [1.54, 1.807) is 11.3 Å². The fraction of sp³-hybridized carbons (Fsp3) is 0.167. The summed E-state index contributed by atoms with van der Waals surface area (Å²) in [5, 5.41) is 2.05. The Balaban J connectivity index is 2.04. The van der Waals surface area contributed by atoms with E-state index in [9.17, 15) is 0 Å². The maximum Gasteiger partial charge on any atom is 0.134 e. The summed E-state index contributed by atoms with van der Waals surface area (Å²) in [5.41, 5.74) is 1.07. The van der Waals surface area contributed by atoms with Crippen LogP contribution in [-0.2, 0) is 12.5 Å². The first-order chi connectivity index (χ1) is 8.19. The summed E-state index contributed by atoms with van der Waals surface area (Å²) >= 11 is 14.3. The molecule has 90 valence electrons. The largest absolute Gasteiger partial charge is 0.487 e. The quantitative estimate of drug-likeness (QED) is 0.612. The van der Waals surface area contributed by atoms with Crippen LogP contribution in [0.2, 0.25) is 0 Å². The second kappa shape index (κ2) is 6.23. The van der Waals surface area contributed by atoms with Gasteiger partial charge < -0.3 is 4.74 Å². The first-order valence-corrected chi connectivity index (χ1v) is 7.89. The van der Waals surface area contributed by atoms with Gasteiger partial charge in [-0.25, -0.2) is 0 Å². The Morgan fingerprint density at radius 2 is 2.06 bits per heavy atom. The Hall–Kier alpha value is -0.0300. The van der Waals surface area contributed by atoms with Crippen molar-refractivity contribution in [3.63, 3.8) is 0 Å². The van der Waals surface area contributed by atoms with Crippen molar-refractivity contribution in [2.24, 2.45) is 0 Å². The lowest BCUT2D eigenvalue weighted by atomic mass is 10.2. The minimum atomic E-state index is 0.511. The molecule has 2 aromatic rings. The van der Waals surface area contributed by atoms with Gasteiger partial charge in [-0.05, 0) is 55.6 Å². The number of halogens is 3. The molecule has 0 N–H and O–H groups in total. The van der Waals surface area contributed by atoms with Crippen LogP contribution < -0.4 is 4.74 Å². The van der Waals surface area contributed by atoms with Crippen molar-refractivity contribution < 1.29 is 4.74 Å². The van der Waals surface area contributed by atoms with Crippen LogP contribution >= 0.6 is 54.8 Å². The van der Waals surface area contributed by atoms with E-state index in [2.05, 4.69) is 37.9 Å². The summed E-state index contributed by atoms with van der Waals surface area (Å²) in [5.74, 6) is 1.35. The van der Waals surface area contributed by atoms with E-state index in [-0.39, 0.29) is 0 Å². The van der Waals surface area contributed by atoms with Gasteiger partial charge in [0.2, 0.25) is 0 Å². The van der Waals surface area contributed by atoms with Crippen molar-refractivity contribution in [3.05, 3.63) is 49.0 Å². The Morgan fingerprint density at radius 3 is 2.65 bits per heavy atom. The van der Waals surface area contributed by atoms with Crippen LogP contribution in [0.15, 0.2) is 38.6 Å². The molecule has 0 aliphatic carbocycles. The molecule has 1 aromatic carbocycles. The standard InChI is InChI=1S/C12H9Br2ClOS/c13-9-4-10(17-7-9)6-16-12-2-1-8(5-15)3-11(12)14/h1-4,7H,5-6H2. The van der Waals surface area contributed by atoms with Crippen molar-refractivity contribution in [3.8, 4) is 5.75 Å². The molecule has 17 heavy (non-hydrogen) atoms. The number of benzene rings is 1. The van der Waals surface area contributed by atoms with E-state index >= 15 is 0 Å². The van der Waals surface area contributed by atoms with Gasteiger partial charge in [-0.2, -0.15) is 0 Å². The van der Waals surface area contributed by atoms with E-state index in [4.69, 9.17) is 16.3 Å². The van der Waals surface area contributed by atoms with Crippen LogP contribution in [0.1, 0.15) is 10.4 Å². The van der Waals surface area contributed by atoms with Gasteiger partial charge in [-0.15, -0.1) is 22.9 Å². The van der Waals surface area contributed by atoms with Crippen molar-refractivity contribution in [2.45, 2.75) is 12.5 Å². The number of ether oxygens (including phenoxy) is 1. The monoisotopic (exact) mass is 394 g/mol. The summed E-state index contributed by atoms with van der Waals surface area (Å²) in [6.45, 7) is 0.578. The number of alkyl halides is 1. The van der Waals surface area contributed by atoms with Crippen LogP contribution in [0.4, 0.5) is 0 Å². The highest BCUT2D eigenvalue weighted by molar-refractivity contribution is 9.10. The van der Waals surface area contributed by atoms with E-state index in [1.807, 2.05) is 23.6 Å². The van der Waals surface area contributed by atoms with Gasteiger partial charge in [0.1, 0.15) is 12.4 Å². The molecule has 0 aliphatic rings. The topological polar surface area (TPSA) is 9.23 Å². The first-order valence-electron chi connectivity index (χ1n) is 4.89. The third-order valence-electron chi connectivity index (χ3n) is 2.14. The molecule has 0 fully saturated rings. The van der Waals surface area contributed by atoms with Crippen molar-refractivity contribution in [1.29, 1.82) is 0 Å². The molecule has 0 atom stereocenters. The highest BCUT2D eigenvalue weighted by atomic mass is 79.9. The number of hydrogen-bond donors (Lipinski definition) is 0. The molecule has 0 amide bonds. The molecule has 0 radical (unpaired) electrons. The Morgan fingerprint density at radius 1 is 1.24 bits per heavy atom. The summed E-state index contributed by atoms with van der Waals surface area (Å²) in [6, 6.07) is 7.94. The summed E-state index contributed by atoms with van der Waals surface area (Å²) in [7, 11) is 0. The van der Waals surface area contributed by atoms with E-state index in [0.29, 0.717) is 12.5 Å². The van der Waals surface area contributed by atoms with Crippen molar-refractivity contribution in [1.82, 2.24) is 0 Å². The maximum atomic E-state index is 5.76. The molecule has 1 nitrogen and oxygen atoms in total. The van der Waals surface area contributed by atoms with Crippen molar-refractivity contribution in [2.75, 3.05) is 0 Å². The Labute approximate surface area is 126 Å². The molecule has 0 aliphatic heterocycles. The molecule has 0 saturated heterocycles. The van der Waals surface area contributed by atoms with Gasteiger partial charge >= 0.3 is 0 Å². The van der Waals surface area contributed by atoms with E-state index in [1.165, 1.54) is 4.88 Å². The summed E-state index contributed by atoms with van der Waals surface area (Å²) in [6.07, 6.45) is 0. The van der Waals surface area contributed by atoms with Crippen molar-refractivity contribution >= 4 is 54.8 Å². The minimum Gasteiger partial charge on any atom is -0.487 e. The molecule has 2 rings (SSSR count). The van der Waals surface area contributed by atoms with Crippen LogP contribution in [0.25, 0.3) is 0 Å². The lowest BCUT2D eigenvalue weighted by Gasteiger charge is -2.07. The van der Waals surface area contributed by atoms with Gasteiger partial charge in [0.25, 0.3) is 0 Å². The molecule has 0 spiro atoms. The minimum absolute atomic E-state index is 0.511. The average Bonchev–Trinajstić information content (AvgIpc) is 2.73. The number of hydrogen-bond acceptors (Lipinski definition) is 2. The molecule has 0 unspecified atom stereocenters. The van der Waals surface area contributed by atoms with Crippen LogP contribution in [0.5, 0.6) is 5.75 Å². The van der Waals surface area contributed by atoms with Gasteiger partial charge in [0.05, 0.1) is 4.47 Å². The molecule has 1 heterocycles. The Bertz CT molecular complexity index is 513. The van der Waals surface area contributed by atoms with Crippen LogP contribution in [-0.4, -0.2) is 0 Å². The summed E-state index contributed by atoms with van der Waals surface area (Å²) < 4.78 is 7.77. The van der Waals surface area contributed by atoms with Gasteiger partial charge in [-0.3, -0.25) is 0 Å². The SMILES string of the molecule is ClCc1ccc(OCc2cc(Br)cs2)c(Br)c1. The van der Waals surface area contributed by atoms with E-state index in [0.717, 1.165) is 20.3 Å². The van der Waals surface area contributed by atoms with Gasteiger partial charge in [0, 0.05) is 20.6 Å². The fourth-order valence-electron chi connectivity index (χ4n) is 1.32. The first kappa shape index (κ1) is 13.4. The second-order valence-corrected chi connectivity index (χ2v) is 6.45. The molecular formula is C12H9Br2ClOS. The summed E-state index contributed by atoms with van der Waals surface area (Å²) in [4.78, 5) is 1.19. The van der Waals surface area contributed by atoms with Crippen LogP contribution in [0, 0.1) is 0 Å². The zero-order chi connectivity index (χ0) is 12.3. The molecule has 0 bridgehead atoms. The third-order valence-corrected chi connectivity index (χ3v) is 4.74. The van der Waals surface area contributed by atoms with Gasteiger partial charge in [-0.1, -0.05) is 6.07 Å². The normalized spacial score (nSPS) is 10.5. The molecular weight excluding hydrogens is 387 g/mol. The van der Waals surface area contributed by atoms with Crippen LogP contribution in [0.3, 0.4) is 0 Å². The highest BCUT2D eigenvalue weighted by Gasteiger charge is 2.04. The smallest absolute Gasteiger partial charge is 0.134 e. The highest BCUT2D eigenvalue weighted by Crippen LogP contribution is 2.28. The zero-order valence-electron chi connectivity index (χ0n) is 8.75. The zero-order valence-corrected chi connectivity index (χ0v) is 13.5. The molecule has 0 saturated carbocycles. The second-order valence-electron chi connectivity index (χ2n) is 3.42. The Kier molecular flexibility index (Phi) is 4.91. The lowest BCUT2D eigenvalue weighted by molar-refractivity contribution is 0.307.